The van der Waals surface area contributed by atoms with Crippen molar-refractivity contribution in [3.8, 4) is 0 Å². The molecule has 1 aliphatic rings. The molecule has 0 saturated heterocycles. The van der Waals surface area contributed by atoms with Gasteiger partial charge in [-0.05, 0) is 40.1 Å². The number of rotatable bonds is 3. The van der Waals surface area contributed by atoms with Crippen LogP contribution in [0.4, 0.5) is 5.69 Å². The van der Waals surface area contributed by atoms with Crippen LogP contribution in [0.3, 0.4) is 0 Å². The molecule has 1 aliphatic carbocycles. The van der Waals surface area contributed by atoms with E-state index in [0.717, 1.165) is 9.26 Å². The second kappa shape index (κ2) is 4.53. The van der Waals surface area contributed by atoms with Crippen molar-refractivity contribution in [3.63, 3.8) is 0 Å². The molecule has 1 aromatic rings. The number of hydrogen-bond acceptors (Lipinski definition) is 2. The SMILES string of the molecule is CC1(C)[C@H](C(=O)O)[C@@H]1C(=O)Nc1ccccc1I. The molecule has 0 bridgehead atoms. The first kappa shape index (κ1) is 13.3. The Balaban J connectivity index is 2.11. The van der Waals surface area contributed by atoms with Crippen LogP contribution in [0.5, 0.6) is 0 Å². The predicted octanol–water partition coefficient (Wildman–Crippen LogP) is 2.59. The van der Waals surface area contributed by atoms with Gasteiger partial charge >= 0.3 is 5.97 Å². The van der Waals surface area contributed by atoms with Gasteiger partial charge in [0.25, 0.3) is 0 Å². The van der Waals surface area contributed by atoms with Crippen molar-refractivity contribution in [2.75, 3.05) is 5.32 Å². The molecule has 96 valence electrons. The molecular formula is C13H14INO3. The topological polar surface area (TPSA) is 66.4 Å². The lowest BCUT2D eigenvalue weighted by atomic mass is 10.1. The summed E-state index contributed by atoms with van der Waals surface area (Å²) in [7, 11) is 0. The number of amides is 1. The third kappa shape index (κ3) is 2.23. The fourth-order valence-corrected chi connectivity index (χ4v) is 2.88. The Hall–Kier alpha value is -1.11. The summed E-state index contributed by atoms with van der Waals surface area (Å²) >= 11 is 2.13. The Morgan fingerprint density at radius 2 is 1.89 bits per heavy atom. The molecule has 0 aromatic heterocycles. The lowest BCUT2D eigenvalue weighted by molar-refractivity contribution is -0.140. The highest BCUT2D eigenvalue weighted by Gasteiger charge is 2.65. The van der Waals surface area contributed by atoms with Crippen molar-refractivity contribution >= 4 is 40.2 Å². The first-order valence-electron chi connectivity index (χ1n) is 5.64. The molecule has 0 aliphatic heterocycles. The van der Waals surface area contributed by atoms with E-state index in [1.54, 1.807) is 0 Å². The summed E-state index contributed by atoms with van der Waals surface area (Å²) in [5.41, 5.74) is 0.269. The molecule has 1 fully saturated rings. The second-order valence-electron chi connectivity index (χ2n) is 5.08. The average molecular weight is 359 g/mol. The molecule has 5 heteroatoms. The van der Waals surface area contributed by atoms with Crippen molar-refractivity contribution < 1.29 is 14.7 Å². The van der Waals surface area contributed by atoms with Crippen molar-refractivity contribution in [1.29, 1.82) is 0 Å². The number of carboxylic acid groups (broad SMARTS) is 1. The van der Waals surface area contributed by atoms with E-state index in [0.29, 0.717) is 0 Å². The molecular weight excluding hydrogens is 345 g/mol. The zero-order valence-corrected chi connectivity index (χ0v) is 12.3. The van der Waals surface area contributed by atoms with Crippen molar-refractivity contribution in [3.05, 3.63) is 27.8 Å². The summed E-state index contributed by atoms with van der Waals surface area (Å²) in [4.78, 5) is 23.1. The number of hydrogen-bond donors (Lipinski definition) is 2. The smallest absolute Gasteiger partial charge is 0.307 e. The van der Waals surface area contributed by atoms with Gasteiger partial charge in [0.15, 0.2) is 0 Å². The Morgan fingerprint density at radius 1 is 1.28 bits per heavy atom. The van der Waals surface area contributed by atoms with Crippen LogP contribution in [-0.4, -0.2) is 17.0 Å². The highest BCUT2D eigenvalue weighted by Crippen LogP contribution is 2.58. The number of aliphatic carboxylic acids is 1. The molecule has 0 heterocycles. The third-order valence-electron chi connectivity index (χ3n) is 3.51. The monoisotopic (exact) mass is 359 g/mol. The zero-order valence-electron chi connectivity index (χ0n) is 10.1. The summed E-state index contributed by atoms with van der Waals surface area (Å²) in [6.07, 6.45) is 0. The number of nitrogens with one attached hydrogen (secondary N) is 1. The third-order valence-corrected chi connectivity index (χ3v) is 4.45. The summed E-state index contributed by atoms with van der Waals surface area (Å²) in [5, 5.41) is 11.9. The predicted molar refractivity (Wildman–Crippen MR) is 76.2 cm³/mol. The maximum absolute atomic E-state index is 12.1. The van der Waals surface area contributed by atoms with Crippen molar-refractivity contribution in [2.45, 2.75) is 13.8 Å². The van der Waals surface area contributed by atoms with Crippen LogP contribution in [0, 0.1) is 20.8 Å². The van der Waals surface area contributed by atoms with Gasteiger partial charge in [-0.3, -0.25) is 9.59 Å². The minimum Gasteiger partial charge on any atom is -0.481 e. The highest BCUT2D eigenvalue weighted by molar-refractivity contribution is 14.1. The molecule has 0 spiro atoms. The van der Waals surface area contributed by atoms with Gasteiger partial charge in [-0.25, -0.2) is 0 Å². The van der Waals surface area contributed by atoms with Crippen LogP contribution in [-0.2, 0) is 9.59 Å². The van der Waals surface area contributed by atoms with Crippen LogP contribution >= 0.6 is 22.6 Å². The molecule has 1 saturated carbocycles. The van der Waals surface area contributed by atoms with Gasteiger partial charge in [0, 0.05) is 3.57 Å². The maximum Gasteiger partial charge on any atom is 0.307 e. The van der Waals surface area contributed by atoms with Gasteiger partial charge in [0.1, 0.15) is 0 Å². The maximum atomic E-state index is 12.1. The van der Waals surface area contributed by atoms with Gasteiger partial charge in [-0.2, -0.15) is 0 Å². The Bertz CT molecular complexity index is 513. The number of halogens is 1. The lowest BCUT2D eigenvalue weighted by Crippen LogP contribution is -2.18. The first-order chi connectivity index (χ1) is 8.35. The molecule has 0 radical (unpaired) electrons. The molecule has 4 nitrogen and oxygen atoms in total. The highest BCUT2D eigenvalue weighted by atomic mass is 127. The van der Waals surface area contributed by atoms with Crippen molar-refractivity contribution in [2.24, 2.45) is 17.3 Å². The van der Waals surface area contributed by atoms with E-state index >= 15 is 0 Å². The molecule has 2 atom stereocenters. The van der Waals surface area contributed by atoms with E-state index < -0.39 is 23.2 Å². The van der Waals surface area contributed by atoms with Crippen LogP contribution < -0.4 is 5.32 Å². The minimum absolute atomic E-state index is 0.212. The van der Waals surface area contributed by atoms with Crippen molar-refractivity contribution in [1.82, 2.24) is 0 Å². The summed E-state index contributed by atoms with van der Waals surface area (Å²) in [6.45, 7) is 3.62. The number of carboxylic acids is 1. The van der Waals surface area contributed by atoms with Gasteiger partial charge in [-0.1, -0.05) is 26.0 Å². The lowest BCUT2D eigenvalue weighted by Gasteiger charge is -2.07. The number of benzene rings is 1. The largest absolute Gasteiger partial charge is 0.481 e. The van der Waals surface area contributed by atoms with Crippen LogP contribution in [0.15, 0.2) is 24.3 Å². The van der Waals surface area contributed by atoms with Gasteiger partial charge in [-0.15, -0.1) is 0 Å². The fourth-order valence-electron chi connectivity index (χ4n) is 2.36. The number of para-hydroxylation sites is 1. The van der Waals surface area contributed by atoms with Gasteiger partial charge in [0.05, 0.1) is 17.5 Å². The molecule has 18 heavy (non-hydrogen) atoms. The molecule has 2 N–H and O–H groups in total. The zero-order chi connectivity index (χ0) is 13.5. The van der Waals surface area contributed by atoms with Crippen LogP contribution in [0.1, 0.15) is 13.8 Å². The van der Waals surface area contributed by atoms with E-state index in [1.807, 2.05) is 38.1 Å². The number of carbonyl (C=O) groups excluding carboxylic acids is 1. The summed E-state index contributed by atoms with van der Waals surface area (Å²) < 4.78 is 0.939. The number of carbonyl (C=O) groups is 2. The van der Waals surface area contributed by atoms with Gasteiger partial charge < -0.3 is 10.4 Å². The fraction of sp³-hybridized carbons (Fsp3) is 0.385. The molecule has 1 amide bonds. The molecule has 1 aromatic carbocycles. The molecule has 2 rings (SSSR count). The Kier molecular flexibility index (Phi) is 3.35. The minimum atomic E-state index is -0.900. The number of anilines is 1. The summed E-state index contributed by atoms with van der Waals surface area (Å²) in [6, 6.07) is 7.43. The standard InChI is InChI=1S/C13H14INO3/c1-13(2)9(10(13)12(17)18)11(16)15-8-6-4-3-5-7(8)14/h3-6,9-10H,1-2H3,(H,15,16)(H,17,18)/t9-,10+/m1/s1. The van der Waals surface area contributed by atoms with Crippen LogP contribution in [0.25, 0.3) is 0 Å². The van der Waals surface area contributed by atoms with Gasteiger partial charge in [0.2, 0.25) is 5.91 Å². The van der Waals surface area contributed by atoms with Crippen LogP contribution in [0.2, 0.25) is 0 Å². The van der Waals surface area contributed by atoms with E-state index in [-0.39, 0.29) is 5.91 Å². The Morgan fingerprint density at radius 3 is 2.39 bits per heavy atom. The normalized spacial score (nSPS) is 24.4. The summed E-state index contributed by atoms with van der Waals surface area (Å²) in [5.74, 6) is -2.15. The second-order valence-corrected chi connectivity index (χ2v) is 6.25. The molecule has 0 unspecified atom stereocenters. The van der Waals surface area contributed by atoms with E-state index in [4.69, 9.17) is 5.11 Å². The Labute approximate surface area is 119 Å². The van der Waals surface area contributed by atoms with E-state index in [2.05, 4.69) is 27.9 Å². The quantitative estimate of drug-likeness (QED) is 0.816. The average Bonchev–Trinajstić information content (AvgIpc) is 2.85. The van der Waals surface area contributed by atoms with E-state index in [1.165, 1.54) is 0 Å². The van der Waals surface area contributed by atoms with E-state index in [9.17, 15) is 9.59 Å². The first-order valence-corrected chi connectivity index (χ1v) is 6.71.